The molecule has 1 aliphatic carbocycles. The minimum Gasteiger partial charge on any atom is -0.441 e. The van der Waals surface area contributed by atoms with Crippen molar-refractivity contribution in [3.63, 3.8) is 0 Å². The third kappa shape index (κ3) is 4.17. The van der Waals surface area contributed by atoms with Crippen LogP contribution in [0.25, 0.3) is 0 Å². The van der Waals surface area contributed by atoms with E-state index in [1.54, 1.807) is 9.21 Å². The van der Waals surface area contributed by atoms with Crippen LogP contribution in [-0.2, 0) is 21.2 Å². The van der Waals surface area contributed by atoms with E-state index >= 15 is 0 Å². The van der Waals surface area contributed by atoms with Gasteiger partial charge >= 0.3 is 6.09 Å². The molecule has 0 unspecified atom stereocenters. The maximum atomic E-state index is 12.5. The number of pyridine rings is 1. The monoisotopic (exact) mass is 407 g/mol. The fraction of sp³-hybridized carbons (Fsp3) is 0.700. The second kappa shape index (κ2) is 7.63. The summed E-state index contributed by atoms with van der Waals surface area (Å²) in [5, 5.41) is 0. The van der Waals surface area contributed by atoms with Gasteiger partial charge < -0.3 is 4.74 Å². The average Bonchev–Trinajstić information content (AvgIpc) is 2.98. The van der Waals surface area contributed by atoms with Crippen molar-refractivity contribution in [2.75, 3.05) is 30.8 Å². The Morgan fingerprint density at radius 3 is 2.57 bits per heavy atom. The van der Waals surface area contributed by atoms with Crippen LogP contribution in [0, 0.1) is 5.92 Å². The first kappa shape index (κ1) is 19.6. The molecule has 0 atom stereocenters. The van der Waals surface area contributed by atoms with Gasteiger partial charge in [0.05, 0.1) is 12.8 Å². The van der Waals surface area contributed by atoms with Gasteiger partial charge in [0.1, 0.15) is 11.4 Å². The van der Waals surface area contributed by atoms with Gasteiger partial charge in [-0.25, -0.2) is 22.5 Å². The Labute approximate surface area is 167 Å². The highest BCUT2D eigenvalue weighted by Gasteiger charge is 2.46. The van der Waals surface area contributed by atoms with Gasteiger partial charge in [0.15, 0.2) is 0 Å². The number of hydrogen-bond acceptors (Lipinski definition) is 5. The quantitative estimate of drug-likeness (QED) is 0.767. The normalized spacial score (nSPS) is 23.9. The average molecular weight is 408 g/mol. The molecule has 7 nitrogen and oxygen atoms in total. The molecule has 4 rings (SSSR count). The van der Waals surface area contributed by atoms with Crippen LogP contribution in [0.2, 0.25) is 0 Å². The first-order chi connectivity index (χ1) is 13.3. The molecule has 3 aliphatic rings. The number of rotatable bonds is 4. The lowest BCUT2D eigenvalue weighted by Crippen LogP contribution is -2.38. The third-order valence-electron chi connectivity index (χ3n) is 6.34. The molecule has 154 valence electrons. The standard InChI is InChI=1S/C20H29N3O4S/c1-28(25,26)22-12-8-16(9-13-22)14-17-6-5-7-18(21-17)23-15-20(27-19(23)24)10-3-2-4-11-20/h5-7,16H,2-4,8-15H2,1H3. The molecule has 1 spiro atoms. The van der Waals surface area contributed by atoms with Gasteiger partial charge in [0.2, 0.25) is 10.0 Å². The van der Waals surface area contributed by atoms with E-state index in [1.165, 1.54) is 12.7 Å². The van der Waals surface area contributed by atoms with Gasteiger partial charge in [0, 0.05) is 18.8 Å². The van der Waals surface area contributed by atoms with Gasteiger partial charge in [-0.3, -0.25) is 4.90 Å². The molecule has 8 heteroatoms. The summed E-state index contributed by atoms with van der Waals surface area (Å²) in [6.45, 7) is 1.74. The Hall–Kier alpha value is -1.67. The van der Waals surface area contributed by atoms with Gasteiger partial charge in [0.25, 0.3) is 0 Å². The first-order valence-corrected chi connectivity index (χ1v) is 12.1. The zero-order valence-corrected chi connectivity index (χ0v) is 17.3. The van der Waals surface area contributed by atoms with Crippen molar-refractivity contribution in [1.29, 1.82) is 0 Å². The van der Waals surface area contributed by atoms with Crippen LogP contribution in [0.4, 0.5) is 10.6 Å². The number of ether oxygens (including phenoxy) is 1. The second-order valence-electron chi connectivity index (χ2n) is 8.49. The number of anilines is 1. The van der Waals surface area contributed by atoms with E-state index in [1.807, 2.05) is 18.2 Å². The number of carbonyl (C=O) groups is 1. The molecule has 0 N–H and O–H groups in total. The molecule has 1 amide bonds. The summed E-state index contributed by atoms with van der Waals surface area (Å²) in [6.07, 6.45) is 8.79. The van der Waals surface area contributed by atoms with Gasteiger partial charge in [-0.2, -0.15) is 0 Å². The number of nitrogens with zero attached hydrogens (tertiary/aromatic N) is 3. The number of sulfonamides is 1. The van der Waals surface area contributed by atoms with Crippen LogP contribution >= 0.6 is 0 Å². The predicted molar refractivity (Wildman–Crippen MR) is 107 cm³/mol. The Balaban J connectivity index is 1.40. The number of amides is 1. The Morgan fingerprint density at radius 2 is 1.89 bits per heavy atom. The van der Waals surface area contributed by atoms with Crippen molar-refractivity contribution >= 4 is 21.9 Å². The zero-order chi connectivity index (χ0) is 19.8. The largest absolute Gasteiger partial charge is 0.441 e. The fourth-order valence-corrected chi connectivity index (χ4v) is 5.60. The van der Waals surface area contributed by atoms with E-state index < -0.39 is 10.0 Å². The van der Waals surface area contributed by atoms with E-state index in [0.717, 1.165) is 50.6 Å². The van der Waals surface area contributed by atoms with Crippen molar-refractivity contribution < 1.29 is 17.9 Å². The Bertz CT molecular complexity index is 828. The lowest BCUT2D eigenvalue weighted by molar-refractivity contribution is 0.0260. The summed E-state index contributed by atoms with van der Waals surface area (Å²) < 4.78 is 30.7. The summed E-state index contributed by atoms with van der Waals surface area (Å²) in [5.41, 5.74) is 0.624. The Kier molecular flexibility index (Phi) is 5.35. The summed E-state index contributed by atoms with van der Waals surface area (Å²) in [7, 11) is -3.10. The molecule has 1 aromatic rings. The fourth-order valence-electron chi connectivity index (χ4n) is 4.73. The molecule has 1 aromatic heterocycles. The highest BCUT2D eigenvalue weighted by Crippen LogP contribution is 2.38. The summed E-state index contributed by atoms with van der Waals surface area (Å²) in [4.78, 5) is 18.9. The molecule has 3 heterocycles. The topological polar surface area (TPSA) is 79.8 Å². The van der Waals surface area contributed by atoms with Crippen LogP contribution in [-0.4, -0.2) is 55.3 Å². The van der Waals surface area contributed by atoms with E-state index in [2.05, 4.69) is 0 Å². The van der Waals surface area contributed by atoms with Crippen molar-refractivity contribution in [2.24, 2.45) is 5.92 Å². The molecule has 28 heavy (non-hydrogen) atoms. The molecule has 2 saturated heterocycles. The second-order valence-corrected chi connectivity index (χ2v) is 10.5. The number of hydrogen-bond donors (Lipinski definition) is 0. The molecule has 0 aromatic carbocycles. The first-order valence-electron chi connectivity index (χ1n) is 10.3. The lowest BCUT2D eigenvalue weighted by atomic mass is 9.85. The van der Waals surface area contributed by atoms with E-state index in [-0.39, 0.29) is 11.7 Å². The maximum Gasteiger partial charge on any atom is 0.416 e. The van der Waals surface area contributed by atoms with Gasteiger partial charge in [-0.1, -0.05) is 12.5 Å². The Morgan fingerprint density at radius 1 is 1.18 bits per heavy atom. The predicted octanol–water partition coefficient (Wildman–Crippen LogP) is 2.96. The van der Waals surface area contributed by atoms with E-state index in [0.29, 0.717) is 31.4 Å². The number of aromatic nitrogens is 1. The maximum absolute atomic E-state index is 12.5. The number of carbonyl (C=O) groups excluding carboxylic acids is 1. The van der Waals surface area contributed by atoms with Crippen LogP contribution in [0.3, 0.4) is 0 Å². The SMILES string of the molecule is CS(=O)(=O)N1CCC(Cc2cccc(N3CC4(CCCCC4)OC3=O)n2)CC1. The molecule has 2 aliphatic heterocycles. The van der Waals surface area contributed by atoms with Crippen LogP contribution in [0.1, 0.15) is 50.6 Å². The van der Waals surface area contributed by atoms with Crippen molar-refractivity contribution in [2.45, 2.75) is 57.0 Å². The van der Waals surface area contributed by atoms with Crippen LogP contribution in [0.15, 0.2) is 18.2 Å². The molecule has 0 bridgehead atoms. The summed E-state index contributed by atoms with van der Waals surface area (Å²) in [6, 6.07) is 5.81. The summed E-state index contributed by atoms with van der Waals surface area (Å²) in [5.74, 6) is 1.08. The van der Waals surface area contributed by atoms with E-state index in [9.17, 15) is 13.2 Å². The highest BCUT2D eigenvalue weighted by atomic mass is 32.2. The minimum absolute atomic E-state index is 0.284. The molecular weight excluding hydrogens is 378 g/mol. The molecule has 3 fully saturated rings. The summed E-state index contributed by atoms with van der Waals surface area (Å²) >= 11 is 0. The van der Waals surface area contributed by atoms with Crippen molar-refractivity contribution in [3.05, 3.63) is 23.9 Å². The van der Waals surface area contributed by atoms with Crippen LogP contribution < -0.4 is 4.90 Å². The highest BCUT2D eigenvalue weighted by molar-refractivity contribution is 7.88. The molecule has 1 saturated carbocycles. The zero-order valence-electron chi connectivity index (χ0n) is 16.5. The lowest BCUT2D eigenvalue weighted by Gasteiger charge is -2.30. The van der Waals surface area contributed by atoms with Gasteiger partial charge in [-0.05, 0) is 63.0 Å². The molecule has 0 radical (unpaired) electrons. The van der Waals surface area contributed by atoms with Gasteiger partial charge in [-0.15, -0.1) is 0 Å². The van der Waals surface area contributed by atoms with Crippen molar-refractivity contribution in [1.82, 2.24) is 9.29 Å². The third-order valence-corrected chi connectivity index (χ3v) is 7.65. The van der Waals surface area contributed by atoms with E-state index in [4.69, 9.17) is 9.72 Å². The molecular formula is C20H29N3O4S. The van der Waals surface area contributed by atoms with Crippen LogP contribution in [0.5, 0.6) is 0 Å². The smallest absolute Gasteiger partial charge is 0.416 e. The minimum atomic E-state index is -3.10. The number of piperidine rings is 1. The van der Waals surface area contributed by atoms with Crippen molar-refractivity contribution in [3.8, 4) is 0 Å².